The van der Waals surface area contributed by atoms with Crippen molar-refractivity contribution in [3.63, 3.8) is 0 Å². The molecule has 0 bridgehead atoms. The van der Waals surface area contributed by atoms with Crippen LogP contribution in [0.15, 0.2) is 36.4 Å². The van der Waals surface area contributed by atoms with Gasteiger partial charge in [0.15, 0.2) is 6.61 Å². The third-order valence-corrected chi connectivity index (χ3v) is 3.81. The van der Waals surface area contributed by atoms with E-state index in [1.54, 1.807) is 18.2 Å². The smallest absolute Gasteiger partial charge is 0.265 e. The van der Waals surface area contributed by atoms with E-state index in [1.807, 2.05) is 32.0 Å². The Kier molecular flexibility index (Phi) is 4.16. The maximum Gasteiger partial charge on any atom is 0.265 e. The van der Waals surface area contributed by atoms with Gasteiger partial charge in [0.1, 0.15) is 11.0 Å². The molecule has 2 aromatic carbocycles. The predicted molar refractivity (Wildman–Crippen MR) is 88.5 cm³/mol. The molecular formula is C16H15ClN4O2. The van der Waals surface area contributed by atoms with Crippen molar-refractivity contribution >= 4 is 34.2 Å². The highest BCUT2D eigenvalue weighted by Crippen LogP contribution is 2.18. The van der Waals surface area contributed by atoms with Gasteiger partial charge in [0, 0.05) is 10.7 Å². The summed E-state index contributed by atoms with van der Waals surface area (Å²) in [6, 6.07) is 10.9. The van der Waals surface area contributed by atoms with E-state index < -0.39 is 0 Å². The molecule has 3 aromatic rings. The Morgan fingerprint density at radius 2 is 2.13 bits per heavy atom. The molecule has 118 valence electrons. The summed E-state index contributed by atoms with van der Waals surface area (Å²) < 4.78 is 0. The van der Waals surface area contributed by atoms with Crippen molar-refractivity contribution in [3.05, 3.63) is 52.5 Å². The Morgan fingerprint density at radius 3 is 2.96 bits per heavy atom. The first-order valence-corrected chi connectivity index (χ1v) is 7.43. The molecule has 0 fully saturated rings. The SMILES string of the molecule is Cc1cccc(NC(=O)COn2nnc3ccc(Cl)cc32)c1C. The van der Waals surface area contributed by atoms with Gasteiger partial charge < -0.3 is 10.2 Å². The third kappa shape index (κ3) is 3.27. The number of benzene rings is 2. The second-order valence-electron chi connectivity index (χ2n) is 5.16. The van der Waals surface area contributed by atoms with Crippen molar-refractivity contribution in [2.45, 2.75) is 13.8 Å². The summed E-state index contributed by atoms with van der Waals surface area (Å²) in [4.78, 5) is 18.6. The molecule has 0 aliphatic carbocycles. The van der Waals surface area contributed by atoms with Crippen molar-refractivity contribution in [1.82, 2.24) is 15.2 Å². The molecule has 1 aromatic heterocycles. The van der Waals surface area contributed by atoms with Gasteiger partial charge >= 0.3 is 0 Å². The fourth-order valence-corrected chi connectivity index (χ4v) is 2.33. The molecule has 23 heavy (non-hydrogen) atoms. The molecule has 1 N–H and O–H groups in total. The first-order chi connectivity index (χ1) is 11.0. The zero-order chi connectivity index (χ0) is 16.4. The van der Waals surface area contributed by atoms with Crippen LogP contribution in [0.1, 0.15) is 11.1 Å². The molecule has 6 nitrogen and oxygen atoms in total. The second-order valence-corrected chi connectivity index (χ2v) is 5.60. The molecule has 0 spiro atoms. The van der Waals surface area contributed by atoms with Crippen LogP contribution in [0.2, 0.25) is 5.02 Å². The second kappa shape index (κ2) is 6.26. The van der Waals surface area contributed by atoms with E-state index in [2.05, 4.69) is 15.6 Å². The normalized spacial score (nSPS) is 10.7. The summed E-state index contributed by atoms with van der Waals surface area (Å²) in [6.45, 7) is 3.77. The summed E-state index contributed by atoms with van der Waals surface area (Å²) in [5.41, 5.74) is 4.16. The molecule has 7 heteroatoms. The van der Waals surface area contributed by atoms with Crippen molar-refractivity contribution in [2.75, 3.05) is 11.9 Å². The lowest BCUT2D eigenvalue weighted by Gasteiger charge is -2.10. The minimum Gasteiger partial charge on any atom is -0.385 e. The number of carbonyl (C=O) groups excluding carboxylic acids is 1. The summed E-state index contributed by atoms with van der Waals surface area (Å²) >= 11 is 5.95. The van der Waals surface area contributed by atoms with Gasteiger partial charge in [-0.1, -0.05) is 28.6 Å². The van der Waals surface area contributed by atoms with Crippen molar-refractivity contribution < 1.29 is 9.63 Å². The Bertz CT molecular complexity index is 876. The maximum absolute atomic E-state index is 12.1. The van der Waals surface area contributed by atoms with Crippen LogP contribution in [-0.2, 0) is 4.79 Å². The van der Waals surface area contributed by atoms with Crippen LogP contribution in [0.4, 0.5) is 5.69 Å². The van der Waals surface area contributed by atoms with E-state index in [9.17, 15) is 4.79 Å². The topological polar surface area (TPSA) is 69.0 Å². The molecule has 0 aliphatic rings. The number of aryl methyl sites for hydroxylation is 1. The van der Waals surface area contributed by atoms with Crippen molar-refractivity contribution in [1.29, 1.82) is 0 Å². The van der Waals surface area contributed by atoms with E-state index in [0.29, 0.717) is 16.1 Å². The lowest BCUT2D eigenvalue weighted by atomic mass is 10.1. The molecule has 1 amide bonds. The van der Waals surface area contributed by atoms with Crippen LogP contribution in [-0.4, -0.2) is 27.7 Å². The fourth-order valence-electron chi connectivity index (χ4n) is 2.16. The standard InChI is InChI=1S/C16H15ClN4O2/c1-10-4-3-5-13(11(10)2)18-16(22)9-23-21-15-8-12(17)6-7-14(15)19-20-21/h3-8H,9H2,1-2H3,(H,18,22). The van der Waals surface area contributed by atoms with Gasteiger partial charge in [0.25, 0.3) is 5.91 Å². The summed E-state index contributed by atoms with van der Waals surface area (Å²) in [5.74, 6) is -0.274. The number of halogens is 1. The van der Waals surface area contributed by atoms with E-state index in [0.717, 1.165) is 16.8 Å². The van der Waals surface area contributed by atoms with Crippen molar-refractivity contribution in [3.8, 4) is 0 Å². The summed E-state index contributed by atoms with van der Waals surface area (Å²) in [7, 11) is 0. The number of aromatic nitrogens is 3. The highest BCUT2D eigenvalue weighted by Gasteiger charge is 2.10. The van der Waals surface area contributed by atoms with E-state index in [4.69, 9.17) is 16.4 Å². The van der Waals surface area contributed by atoms with Gasteiger partial charge in [-0.3, -0.25) is 4.79 Å². The van der Waals surface area contributed by atoms with Gasteiger partial charge in [-0.25, -0.2) is 0 Å². The molecule has 3 rings (SSSR count). The summed E-state index contributed by atoms with van der Waals surface area (Å²) in [6.07, 6.45) is 0. The van der Waals surface area contributed by atoms with Crippen LogP contribution in [0.25, 0.3) is 11.0 Å². The summed E-state index contributed by atoms with van der Waals surface area (Å²) in [5, 5.41) is 11.2. The first-order valence-electron chi connectivity index (χ1n) is 7.05. The quantitative estimate of drug-likeness (QED) is 0.798. The zero-order valence-corrected chi connectivity index (χ0v) is 13.5. The highest BCUT2D eigenvalue weighted by molar-refractivity contribution is 6.31. The third-order valence-electron chi connectivity index (χ3n) is 3.57. The van der Waals surface area contributed by atoms with Crippen LogP contribution in [0.3, 0.4) is 0 Å². The van der Waals surface area contributed by atoms with Crippen LogP contribution >= 0.6 is 11.6 Å². The number of rotatable bonds is 4. The monoisotopic (exact) mass is 330 g/mol. The van der Waals surface area contributed by atoms with Crippen LogP contribution in [0.5, 0.6) is 0 Å². The van der Waals surface area contributed by atoms with Gasteiger partial charge in [0.2, 0.25) is 0 Å². The van der Waals surface area contributed by atoms with Crippen LogP contribution < -0.4 is 10.2 Å². The molecule has 1 heterocycles. The lowest BCUT2D eigenvalue weighted by Crippen LogP contribution is -2.26. The van der Waals surface area contributed by atoms with Gasteiger partial charge in [-0.05, 0) is 54.5 Å². The number of fused-ring (bicyclic) bond motifs is 1. The zero-order valence-electron chi connectivity index (χ0n) is 12.7. The highest BCUT2D eigenvalue weighted by atomic mass is 35.5. The Hall–Kier alpha value is -2.60. The number of hydrogen-bond acceptors (Lipinski definition) is 4. The Morgan fingerprint density at radius 1 is 1.30 bits per heavy atom. The number of carbonyl (C=O) groups is 1. The van der Waals surface area contributed by atoms with E-state index >= 15 is 0 Å². The van der Waals surface area contributed by atoms with Gasteiger partial charge in [-0.2, -0.15) is 0 Å². The number of hydrogen-bond donors (Lipinski definition) is 1. The fraction of sp³-hybridized carbons (Fsp3) is 0.188. The Labute approximate surface area is 138 Å². The average Bonchev–Trinajstić information content (AvgIpc) is 2.92. The lowest BCUT2D eigenvalue weighted by molar-refractivity contribution is -0.121. The molecule has 0 saturated heterocycles. The average molecular weight is 331 g/mol. The number of nitrogens with zero attached hydrogens (tertiary/aromatic N) is 3. The maximum atomic E-state index is 12.1. The van der Waals surface area contributed by atoms with Crippen molar-refractivity contribution in [2.24, 2.45) is 0 Å². The molecule has 0 aliphatic heterocycles. The Balaban J connectivity index is 1.69. The first kappa shape index (κ1) is 15.3. The van der Waals surface area contributed by atoms with Gasteiger partial charge in [-0.15, -0.1) is 5.10 Å². The minimum absolute atomic E-state index is 0.182. The largest absolute Gasteiger partial charge is 0.385 e. The van der Waals surface area contributed by atoms with E-state index in [1.165, 1.54) is 4.85 Å². The number of amides is 1. The molecule has 0 radical (unpaired) electrons. The molecular weight excluding hydrogens is 316 g/mol. The van der Waals surface area contributed by atoms with Gasteiger partial charge in [0.05, 0.1) is 0 Å². The van der Waals surface area contributed by atoms with E-state index in [-0.39, 0.29) is 12.5 Å². The number of anilines is 1. The molecule has 0 saturated carbocycles. The minimum atomic E-state index is -0.274. The predicted octanol–water partition coefficient (Wildman–Crippen LogP) is 2.77. The number of nitrogens with one attached hydrogen (secondary N) is 1. The van der Waals surface area contributed by atoms with Crippen LogP contribution in [0, 0.1) is 13.8 Å². The molecule has 0 atom stereocenters. The molecule has 0 unspecified atom stereocenters.